The molecule has 17 nitrogen and oxygen atoms in total. The van der Waals surface area contributed by atoms with Crippen molar-refractivity contribution in [1.29, 1.82) is 0 Å². The molecule has 0 rings (SSSR count). The first-order valence-corrected chi connectivity index (χ1v) is 42.8. The van der Waals surface area contributed by atoms with E-state index in [4.69, 9.17) is 37.0 Å². The van der Waals surface area contributed by atoms with Gasteiger partial charge in [-0.3, -0.25) is 37.3 Å². The second-order valence-corrected chi connectivity index (χ2v) is 32.1. The zero-order chi connectivity index (χ0) is 70.9. The highest BCUT2D eigenvalue weighted by molar-refractivity contribution is 7.47. The normalized spacial score (nSPS) is 14.1. The lowest BCUT2D eigenvalue weighted by atomic mass is 10.0. The van der Waals surface area contributed by atoms with Crippen LogP contribution in [0.1, 0.15) is 395 Å². The molecule has 0 aromatic heterocycles. The Bertz CT molecular complexity index is 1870. The molecular weight excluding hydrogens is 1260 g/mol. The molecule has 0 saturated heterocycles. The van der Waals surface area contributed by atoms with E-state index in [9.17, 15) is 43.2 Å². The summed E-state index contributed by atoms with van der Waals surface area (Å²) >= 11 is 0. The Morgan fingerprint density at radius 2 is 0.479 bits per heavy atom. The summed E-state index contributed by atoms with van der Waals surface area (Å²) in [5.41, 5.74) is 0. The third-order valence-electron chi connectivity index (χ3n) is 17.9. The molecule has 2 unspecified atom stereocenters. The van der Waals surface area contributed by atoms with E-state index in [2.05, 4.69) is 48.5 Å². The SMILES string of the molecule is CCCCCCCCCC(=O)OC[C@H](COP(=O)(O)OC[C@H](O)COP(=O)(O)OC[C@@H](COC(=O)CCCCCCCCCCCCCCCCC(C)C)OC(=O)CCCCCCCCCCCCCCCCC(C)C)OC(=O)CCCCCCCCCCCCCCC(C)C. The summed E-state index contributed by atoms with van der Waals surface area (Å²) in [6.07, 6.45) is 54.2. The van der Waals surface area contributed by atoms with Gasteiger partial charge in [-0.1, -0.05) is 344 Å². The van der Waals surface area contributed by atoms with Crippen LogP contribution >= 0.6 is 15.6 Å². The average molecular weight is 1410 g/mol. The Labute approximate surface area is 588 Å². The zero-order valence-corrected chi connectivity index (χ0v) is 64.6. The number of hydrogen-bond acceptors (Lipinski definition) is 15. The molecule has 0 aliphatic heterocycles. The van der Waals surface area contributed by atoms with Crippen LogP contribution in [0.25, 0.3) is 0 Å². The summed E-state index contributed by atoms with van der Waals surface area (Å²) in [5.74, 6) is 0.252. The van der Waals surface area contributed by atoms with Crippen molar-refractivity contribution >= 4 is 39.5 Å². The molecular formula is C77H150O17P2. The predicted molar refractivity (Wildman–Crippen MR) is 391 cm³/mol. The minimum atomic E-state index is -4.96. The number of hydrogen-bond donors (Lipinski definition) is 3. The van der Waals surface area contributed by atoms with Gasteiger partial charge in [0.25, 0.3) is 0 Å². The number of aliphatic hydroxyl groups excluding tert-OH is 1. The Kier molecular flexibility index (Phi) is 66.2. The van der Waals surface area contributed by atoms with Crippen molar-refractivity contribution in [3.63, 3.8) is 0 Å². The molecule has 0 aliphatic rings. The van der Waals surface area contributed by atoms with Gasteiger partial charge in [-0.05, 0) is 43.4 Å². The van der Waals surface area contributed by atoms with Crippen LogP contribution in [0.4, 0.5) is 0 Å². The van der Waals surface area contributed by atoms with Crippen LogP contribution < -0.4 is 0 Å². The van der Waals surface area contributed by atoms with Gasteiger partial charge in [0.1, 0.15) is 19.3 Å². The Balaban J connectivity index is 5.20. The quantitative estimate of drug-likeness (QED) is 0.0222. The number of rotatable bonds is 75. The molecule has 0 aromatic carbocycles. The largest absolute Gasteiger partial charge is 0.472 e. The minimum absolute atomic E-state index is 0.106. The van der Waals surface area contributed by atoms with Crippen molar-refractivity contribution in [1.82, 2.24) is 0 Å². The van der Waals surface area contributed by atoms with Crippen molar-refractivity contribution in [2.45, 2.75) is 414 Å². The maximum atomic E-state index is 13.1. The molecule has 0 radical (unpaired) electrons. The zero-order valence-electron chi connectivity index (χ0n) is 62.8. The summed E-state index contributed by atoms with van der Waals surface area (Å²) < 4.78 is 68.5. The molecule has 570 valence electrons. The van der Waals surface area contributed by atoms with E-state index < -0.39 is 97.5 Å². The number of carbonyl (C=O) groups is 4. The van der Waals surface area contributed by atoms with Gasteiger partial charge in [-0.25, -0.2) is 9.13 Å². The molecule has 0 aromatic rings. The van der Waals surface area contributed by atoms with Crippen molar-refractivity contribution < 1.29 is 80.2 Å². The third kappa shape index (κ3) is 70.5. The van der Waals surface area contributed by atoms with Gasteiger partial charge in [0.05, 0.1) is 26.4 Å². The number of aliphatic hydroxyl groups is 1. The van der Waals surface area contributed by atoms with E-state index in [0.717, 1.165) is 120 Å². The topological polar surface area (TPSA) is 237 Å². The van der Waals surface area contributed by atoms with Crippen molar-refractivity contribution in [3.8, 4) is 0 Å². The maximum Gasteiger partial charge on any atom is 0.472 e. The molecule has 96 heavy (non-hydrogen) atoms. The fraction of sp³-hybridized carbons (Fsp3) is 0.948. The lowest BCUT2D eigenvalue weighted by Gasteiger charge is -2.21. The third-order valence-corrected chi connectivity index (χ3v) is 19.8. The second kappa shape index (κ2) is 67.5. The number of esters is 4. The molecule has 0 bridgehead atoms. The maximum absolute atomic E-state index is 13.1. The van der Waals surface area contributed by atoms with Crippen LogP contribution in [0.15, 0.2) is 0 Å². The lowest BCUT2D eigenvalue weighted by molar-refractivity contribution is -0.161. The number of phosphoric ester groups is 2. The molecule has 19 heteroatoms. The predicted octanol–water partition coefficient (Wildman–Crippen LogP) is 22.6. The van der Waals surface area contributed by atoms with Gasteiger partial charge in [0.2, 0.25) is 0 Å². The molecule has 3 N–H and O–H groups in total. The number of ether oxygens (including phenoxy) is 4. The first kappa shape index (κ1) is 94.1. The van der Waals surface area contributed by atoms with E-state index in [-0.39, 0.29) is 25.7 Å². The van der Waals surface area contributed by atoms with Gasteiger partial charge in [-0.15, -0.1) is 0 Å². The molecule has 0 spiro atoms. The van der Waals surface area contributed by atoms with Gasteiger partial charge in [0.15, 0.2) is 12.2 Å². The van der Waals surface area contributed by atoms with Gasteiger partial charge >= 0.3 is 39.5 Å². The molecule has 0 amide bonds. The summed E-state index contributed by atoms with van der Waals surface area (Å²) in [6.45, 7) is 11.9. The molecule has 0 fully saturated rings. The highest BCUT2D eigenvalue weighted by Gasteiger charge is 2.30. The van der Waals surface area contributed by atoms with E-state index >= 15 is 0 Å². The summed E-state index contributed by atoms with van der Waals surface area (Å²) in [5, 5.41) is 10.6. The van der Waals surface area contributed by atoms with Crippen LogP contribution in [0, 0.1) is 17.8 Å². The standard InChI is InChI=1S/C77H150O17P2/c1-8-9-10-11-34-44-51-58-74(79)87-64-72(93-76(81)61-54-47-40-33-27-21-20-24-30-37-43-50-57-70(6)7)66-91-95(83,84)89-62-71(78)63-90-96(85,86)92-67-73(94-77(82)60-53-46-39-32-26-19-15-13-17-23-29-36-42-49-56-69(4)5)65-88-75(80)59-52-45-38-31-25-18-14-12-16-22-28-35-41-48-55-68(2)3/h68-73,78H,8-67H2,1-7H3,(H,83,84)(H,85,86)/t71-,72+,73+/m0/s1. The second-order valence-electron chi connectivity index (χ2n) is 29.2. The lowest BCUT2D eigenvalue weighted by Crippen LogP contribution is -2.30. The van der Waals surface area contributed by atoms with E-state index in [1.807, 2.05) is 0 Å². The van der Waals surface area contributed by atoms with Crippen molar-refractivity contribution in [2.75, 3.05) is 39.6 Å². The minimum Gasteiger partial charge on any atom is -0.462 e. The highest BCUT2D eigenvalue weighted by Crippen LogP contribution is 2.45. The van der Waals surface area contributed by atoms with Crippen molar-refractivity contribution in [3.05, 3.63) is 0 Å². The first-order valence-electron chi connectivity index (χ1n) is 39.8. The highest BCUT2D eigenvalue weighted by atomic mass is 31.2. The van der Waals surface area contributed by atoms with Gasteiger partial charge < -0.3 is 33.8 Å². The molecule has 5 atom stereocenters. The number of phosphoric acid groups is 2. The summed E-state index contributed by atoms with van der Waals surface area (Å²) in [6, 6.07) is 0. The monoisotopic (exact) mass is 1410 g/mol. The van der Waals surface area contributed by atoms with Crippen LogP contribution in [-0.2, 0) is 65.4 Å². The van der Waals surface area contributed by atoms with Gasteiger partial charge in [-0.2, -0.15) is 0 Å². The molecule has 0 heterocycles. The van der Waals surface area contributed by atoms with E-state index in [1.54, 1.807) is 0 Å². The van der Waals surface area contributed by atoms with Crippen LogP contribution in [0.3, 0.4) is 0 Å². The van der Waals surface area contributed by atoms with Gasteiger partial charge in [0, 0.05) is 25.7 Å². The smallest absolute Gasteiger partial charge is 0.462 e. The number of carbonyl (C=O) groups excluding carboxylic acids is 4. The Hall–Kier alpha value is -1.94. The van der Waals surface area contributed by atoms with Crippen LogP contribution in [0.5, 0.6) is 0 Å². The van der Waals surface area contributed by atoms with Crippen molar-refractivity contribution in [2.24, 2.45) is 17.8 Å². The van der Waals surface area contributed by atoms with E-state index in [1.165, 1.54) is 193 Å². The fourth-order valence-corrected chi connectivity index (χ4v) is 13.4. The van der Waals surface area contributed by atoms with E-state index in [0.29, 0.717) is 25.7 Å². The fourth-order valence-electron chi connectivity index (χ4n) is 11.8. The summed E-state index contributed by atoms with van der Waals surface area (Å²) in [7, 11) is -9.91. The Morgan fingerprint density at radius 3 is 0.708 bits per heavy atom. The van der Waals surface area contributed by atoms with Crippen LogP contribution in [-0.4, -0.2) is 96.7 Å². The average Bonchev–Trinajstić information content (AvgIpc) is 2.30. The molecule has 0 saturated carbocycles. The number of unbranched alkanes of at least 4 members (excludes halogenated alkanes) is 43. The summed E-state index contributed by atoms with van der Waals surface area (Å²) in [4.78, 5) is 72.7. The first-order chi connectivity index (χ1) is 46.2. The molecule has 0 aliphatic carbocycles. The van der Waals surface area contributed by atoms with Crippen LogP contribution in [0.2, 0.25) is 0 Å². The Morgan fingerprint density at radius 1 is 0.281 bits per heavy atom.